The molecule has 1 atom stereocenters. The van der Waals surface area contributed by atoms with E-state index in [9.17, 15) is 0 Å². The highest BCUT2D eigenvalue weighted by Crippen LogP contribution is 2.34. The van der Waals surface area contributed by atoms with E-state index in [0.717, 1.165) is 6.42 Å². The quantitative estimate of drug-likeness (QED) is 0.707. The standard InChI is InChI=1S/C19H21NS/c1-4-15-11-12-17(21-15)19(20-3)18-13(2)9-10-14-7-5-6-8-16(14)18/h5-12,19-20H,4H2,1-3H3. The largest absolute Gasteiger partial charge is 0.309 e. The van der Waals surface area contributed by atoms with Gasteiger partial charge in [0.2, 0.25) is 0 Å². The molecule has 3 aromatic rings. The van der Waals surface area contributed by atoms with E-state index in [-0.39, 0.29) is 6.04 Å². The zero-order chi connectivity index (χ0) is 14.8. The highest BCUT2D eigenvalue weighted by Gasteiger charge is 2.18. The van der Waals surface area contributed by atoms with Crippen LogP contribution in [0.3, 0.4) is 0 Å². The van der Waals surface area contributed by atoms with Gasteiger partial charge in [-0.3, -0.25) is 0 Å². The van der Waals surface area contributed by atoms with Crippen LogP contribution < -0.4 is 5.32 Å². The number of hydrogen-bond acceptors (Lipinski definition) is 2. The third kappa shape index (κ3) is 2.61. The van der Waals surface area contributed by atoms with Gasteiger partial charge in [-0.15, -0.1) is 11.3 Å². The van der Waals surface area contributed by atoms with E-state index < -0.39 is 0 Å². The molecule has 1 heterocycles. The van der Waals surface area contributed by atoms with Crippen LogP contribution in [-0.4, -0.2) is 7.05 Å². The summed E-state index contributed by atoms with van der Waals surface area (Å²) < 4.78 is 0. The van der Waals surface area contributed by atoms with E-state index in [1.54, 1.807) is 0 Å². The Morgan fingerprint density at radius 2 is 1.86 bits per heavy atom. The molecule has 21 heavy (non-hydrogen) atoms. The van der Waals surface area contributed by atoms with Gasteiger partial charge in [0, 0.05) is 9.75 Å². The van der Waals surface area contributed by atoms with Gasteiger partial charge >= 0.3 is 0 Å². The Morgan fingerprint density at radius 1 is 1.05 bits per heavy atom. The Hall–Kier alpha value is -1.64. The first-order valence-corrected chi connectivity index (χ1v) is 8.30. The van der Waals surface area contributed by atoms with Crippen LogP contribution in [0.25, 0.3) is 10.8 Å². The second kappa shape index (κ2) is 6.00. The van der Waals surface area contributed by atoms with Gasteiger partial charge in [0.1, 0.15) is 0 Å². The molecule has 0 aliphatic rings. The molecule has 1 unspecified atom stereocenters. The molecule has 3 rings (SSSR count). The number of rotatable bonds is 4. The summed E-state index contributed by atoms with van der Waals surface area (Å²) in [5, 5.41) is 6.18. The SMILES string of the molecule is CCc1ccc(C(NC)c2c(C)ccc3ccccc23)s1. The average molecular weight is 295 g/mol. The molecule has 1 N–H and O–H groups in total. The first kappa shape index (κ1) is 14.3. The van der Waals surface area contributed by atoms with Gasteiger partial charge in [-0.1, -0.05) is 43.3 Å². The lowest BCUT2D eigenvalue weighted by molar-refractivity contribution is 0.705. The lowest BCUT2D eigenvalue weighted by Crippen LogP contribution is -2.18. The maximum atomic E-state index is 3.52. The predicted molar refractivity (Wildman–Crippen MR) is 93.3 cm³/mol. The molecule has 2 heteroatoms. The van der Waals surface area contributed by atoms with E-state index in [1.165, 1.54) is 31.7 Å². The normalized spacial score (nSPS) is 12.7. The third-order valence-corrected chi connectivity index (χ3v) is 5.38. The van der Waals surface area contributed by atoms with Crippen molar-refractivity contribution in [3.63, 3.8) is 0 Å². The lowest BCUT2D eigenvalue weighted by Gasteiger charge is -2.20. The molecule has 0 spiro atoms. The van der Waals surface area contributed by atoms with E-state index in [4.69, 9.17) is 0 Å². The van der Waals surface area contributed by atoms with Gasteiger partial charge < -0.3 is 5.32 Å². The second-order valence-electron chi connectivity index (χ2n) is 5.40. The van der Waals surface area contributed by atoms with Crippen molar-refractivity contribution in [2.75, 3.05) is 7.05 Å². The summed E-state index contributed by atoms with van der Waals surface area (Å²) in [6, 6.07) is 17.9. The molecule has 0 fully saturated rings. The summed E-state index contributed by atoms with van der Waals surface area (Å²) >= 11 is 1.92. The minimum Gasteiger partial charge on any atom is -0.309 e. The van der Waals surface area contributed by atoms with Gasteiger partial charge in [0.15, 0.2) is 0 Å². The second-order valence-corrected chi connectivity index (χ2v) is 6.60. The molecule has 0 radical (unpaired) electrons. The van der Waals surface area contributed by atoms with E-state index >= 15 is 0 Å². The highest BCUT2D eigenvalue weighted by atomic mass is 32.1. The molecule has 1 nitrogen and oxygen atoms in total. The molecule has 1 aromatic heterocycles. The van der Waals surface area contributed by atoms with Crippen molar-refractivity contribution in [1.82, 2.24) is 5.32 Å². The van der Waals surface area contributed by atoms with Crippen molar-refractivity contribution in [1.29, 1.82) is 0 Å². The highest BCUT2D eigenvalue weighted by molar-refractivity contribution is 7.12. The summed E-state index contributed by atoms with van der Waals surface area (Å²) in [5.74, 6) is 0. The van der Waals surface area contributed by atoms with Crippen LogP contribution in [0, 0.1) is 6.92 Å². The van der Waals surface area contributed by atoms with Crippen LogP contribution in [0.5, 0.6) is 0 Å². The van der Waals surface area contributed by atoms with Gasteiger partial charge in [0.05, 0.1) is 6.04 Å². The van der Waals surface area contributed by atoms with Gasteiger partial charge in [-0.25, -0.2) is 0 Å². The van der Waals surface area contributed by atoms with Crippen molar-refractivity contribution in [2.45, 2.75) is 26.3 Å². The van der Waals surface area contributed by atoms with Crippen molar-refractivity contribution < 1.29 is 0 Å². The maximum Gasteiger partial charge on any atom is 0.0677 e. The lowest BCUT2D eigenvalue weighted by atomic mass is 9.93. The molecule has 108 valence electrons. The fourth-order valence-corrected chi connectivity index (χ4v) is 4.03. The zero-order valence-corrected chi connectivity index (χ0v) is 13.6. The number of aryl methyl sites for hydroxylation is 2. The summed E-state index contributed by atoms with van der Waals surface area (Å²) in [7, 11) is 2.05. The zero-order valence-electron chi connectivity index (χ0n) is 12.8. The minimum absolute atomic E-state index is 0.265. The Bertz CT molecular complexity index is 757. The molecule has 0 saturated carbocycles. The van der Waals surface area contributed by atoms with Gasteiger partial charge in [0.25, 0.3) is 0 Å². The van der Waals surface area contributed by atoms with Crippen molar-refractivity contribution in [3.05, 3.63) is 69.4 Å². The average Bonchev–Trinajstić information content (AvgIpc) is 2.99. The number of fused-ring (bicyclic) bond motifs is 1. The Labute approximate surface area is 130 Å². The van der Waals surface area contributed by atoms with E-state index in [0.29, 0.717) is 0 Å². The van der Waals surface area contributed by atoms with Crippen LogP contribution in [-0.2, 0) is 6.42 Å². The first-order valence-electron chi connectivity index (χ1n) is 7.48. The monoisotopic (exact) mass is 295 g/mol. The summed E-state index contributed by atoms with van der Waals surface area (Å²) in [6.45, 7) is 4.42. The van der Waals surface area contributed by atoms with Crippen LogP contribution in [0.1, 0.15) is 33.8 Å². The number of thiophene rings is 1. The molecular weight excluding hydrogens is 274 g/mol. The molecule has 2 aromatic carbocycles. The van der Waals surface area contributed by atoms with Gasteiger partial charge in [-0.05, 0) is 54.4 Å². The number of benzene rings is 2. The van der Waals surface area contributed by atoms with Crippen LogP contribution in [0.15, 0.2) is 48.5 Å². The Morgan fingerprint density at radius 3 is 2.57 bits per heavy atom. The molecule has 0 amide bonds. The fourth-order valence-electron chi connectivity index (χ4n) is 2.96. The van der Waals surface area contributed by atoms with E-state index in [2.05, 4.69) is 74.7 Å². The predicted octanol–water partition coefficient (Wildman–Crippen LogP) is 5.08. The van der Waals surface area contributed by atoms with Crippen molar-refractivity contribution >= 4 is 22.1 Å². The Kier molecular flexibility index (Phi) is 4.09. The minimum atomic E-state index is 0.265. The smallest absolute Gasteiger partial charge is 0.0677 e. The van der Waals surface area contributed by atoms with Crippen LogP contribution in [0.4, 0.5) is 0 Å². The number of hydrogen-bond donors (Lipinski definition) is 1. The molecule has 0 aliphatic heterocycles. The molecular formula is C19H21NS. The summed E-state index contributed by atoms with van der Waals surface area (Å²) in [4.78, 5) is 2.84. The van der Waals surface area contributed by atoms with Crippen molar-refractivity contribution in [2.24, 2.45) is 0 Å². The molecule has 0 saturated heterocycles. The van der Waals surface area contributed by atoms with Crippen LogP contribution in [0.2, 0.25) is 0 Å². The van der Waals surface area contributed by atoms with Gasteiger partial charge in [-0.2, -0.15) is 0 Å². The van der Waals surface area contributed by atoms with Crippen molar-refractivity contribution in [3.8, 4) is 0 Å². The number of nitrogens with one attached hydrogen (secondary N) is 1. The third-order valence-electron chi connectivity index (χ3n) is 4.08. The summed E-state index contributed by atoms with van der Waals surface area (Å²) in [5.41, 5.74) is 2.75. The topological polar surface area (TPSA) is 12.0 Å². The molecule has 0 aliphatic carbocycles. The fraction of sp³-hybridized carbons (Fsp3) is 0.263. The maximum absolute atomic E-state index is 3.52. The first-order chi connectivity index (χ1) is 10.2. The summed E-state index contributed by atoms with van der Waals surface area (Å²) in [6.07, 6.45) is 1.11. The Balaban J connectivity index is 2.18. The van der Waals surface area contributed by atoms with E-state index in [1.807, 2.05) is 11.3 Å². The molecule has 0 bridgehead atoms. The van der Waals surface area contributed by atoms with Crippen LogP contribution >= 0.6 is 11.3 Å².